The maximum absolute atomic E-state index is 10.3. The maximum Gasteiger partial charge on any atom is 0.135 e. The van der Waals surface area contributed by atoms with Crippen LogP contribution in [0.3, 0.4) is 0 Å². The molecule has 4 rings (SSSR count). The second kappa shape index (κ2) is 4.71. The summed E-state index contributed by atoms with van der Waals surface area (Å²) in [5.41, 5.74) is 3.48. The van der Waals surface area contributed by atoms with Crippen LogP contribution in [-0.2, 0) is 0 Å². The quantitative estimate of drug-likeness (QED) is 0.717. The van der Waals surface area contributed by atoms with Crippen molar-refractivity contribution in [1.29, 1.82) is 0 Å². The van der Waals surface area contributed by atoms with Crippen molar-refractivity contribution in [2.75, 3.05) is 11.9 Å². The number of hydrogen-bond donors (Lipinski definition) is 2. The van der Waals surface area contributed by atoms with Crippen molar-refractivity contribution in [3.05, 3.63) is 60.4 Å². The van der Waals surface area contributed by atoms with Gasteiger partial charge >= 0.3 is 0 Å². The molecule has 5 nitrogen and oxygen atoms in total. The number of rotatable bonds is 1. The van der Waals surface area contributed by atoms with E-state index in [-0.39, 0.29) is 0 Å². The number of hydrogen-bond acceptors (Lipinski definition) is 4. The van der Waals surface area contributed by atoms with Crippen LogP contribution in [0.25, 0.3) is 16.9 Å². The number of fused-ring (bicyclic) bond motifs is 3. The third-order valence-corrected chi connectivity index (χ3v) is 3.65. The number of pyridine rings is 1. The fourth-order valence-corrected chi connectivity index (χ4v) is 2.59. The highest BCUT2D eigenvalue weighted by molar-refractivity contribution is 5.76. The van der Waals surface area contributed by atoms with E-state index in [9.17, 15) is 5.11 Å². The van der Waals surface area contributed by atoms with Gasteiger partial charge in [-0.2, -0.15) is 5.10 Å². The van der Waals surface area contributed by atoms with E-state index in [0.717, 1.165) is 28.3 Å². The summed E-state index contributed by atoms with van der Waals surface area (Å²) in [5, 5.41) is 18.1. The number of β-amino-alcohol motifs (C(OH)–C–C–N with tert-alkyl or cyclic N) is 1. The number of nitrogens with zero attached hydrogens (tertiary/aromatic N) is 3. The van der Waals surface area contributed by atoms with E-state index < -0.39 is 6.10 Å². The third-order valence-electron chi connectivity index (χ3n) is 3.65. The van der Waals surface area contributed by atoms with Crippen molar-refractivity contribution < 1.29 is 5.11 Å². The Hall–Kier alpha value is -2.66. The summed E-state index contributed by atoms with van der Waals surface area (Å²) in [6.45, 7) is 0.428. The average molecular weight is 278 g/mol. The number of aliphatic hydroxyl groups is 1. The molecular weight excluding hydrogens is 264 g/mol. The smallest absolute Gasteiger partial charge is 0.135 e. The van der Waals surface area contributed by atoms with Crippen LogP contribution in [0, 0.1) is 0 Å². The lowest BCUT2D eigenvalue weighted by molar-refractivity contribution is 0.192. The normalized spacial score (nSPS) is 16.5. The van der Waals surface area contributed by atoms with E-state index in [1.165, 1.54) is 0 Å². The fourth-order valence-electron chi connectivity index (χ4n) is 2.59. The Morgan fingerprint density at radius 1 is 1.14 bits per heavy atom. The van der Waals surface area contributed by atoms with E-state index in [0.29, 0.717) is 6.54 Å². The molecule has 3 aromatic rings. The van der Waals surface area contributed by atoms with Gasteiger partial charge in [0, 0.05) is 30.1 Å². The van der Waals surface area contributed by atoms with Crippen LogP contribution >= 0.6 is 0 Å². The molecule has 104 valence electrons. The van der Waals surface area contributed by atoms with Gasteiger partial charge in [-0.15, -0.1) is 0 Å². The molecule has 5 heteroatoms. The molecule has 21 heavy (non-hydrogen) atoms. The number of para-hydroxylation sites is 1. The van der Waals surface area contributed by atoms with Gasteiger partial charge in [-0.3, -0.25) is 0 Å². The minimum absolute atomic E-state index is 0.428. The monoisotopic (exact) mass is 278 g/mol. The summed E-state index contributed by atoms with van der Waals surface area (Å²) in [6, 6.07) is 13.7. The van der Waals surface area contributed by atoms with Gasteiger partial charge in [-0.25, -0.2) is 9.67 Å². The summed E-state index contributed by atoms with van der Waals surface area (Å²) < 4.78 is 1.80. The molecule has 3 heterocycles. The molecule has 0 bridgehead atoms. The van der Waals surface area contributed by atoms with Gasteiger partial charge in [0.25, 0.3) is 0 Å². The Morgan fingerprint density at radius 3 is 2.86 bits per heavy atom. The van der Waals surface area contributed by atoms with E-state index in [1.54, 1.807) is 10.9 Å². The van der Waals surface area contributed by atoms with Crippen molar-refractivity contribution in [2.24, 2.45) is 0 Å². The van der Waals surface area contributed by atoms with Crippen LogP contribution < -0.4 is 5.32 Å². The molecule has 0 amide bonds. The van der Waals surface area contributed by atoms with Gasteiger partial charge in [-0.05, 0) is 24.3 Å². The Labute approximate surface area is 121 Å². The zero-order chi connectivity index (χ0) is 14.2. The van der Waals surface area contributed by atoms with Gasteiger partial charge < -0.3 is 10.4 Å². The first kappa shape index (κ1) is 12.1. The standard InChI is InChI=1S/C16H14N4O/c21-14-9-18-16-12(7-4-8-17-16)15-13(14)10-20(19-15)11-5-2-1-3-6-11/h1-8,10,14,21H,9H2,(H,17,18). The van der Waals surface area contributed by atoms with Crippen LogP contribution in [0.5, 0.6) is 0 Å². The van der Waals surface area contributed by atoms with E-state index in [1.807, 2.05) is 48.7 Å². The molecule has 1 aliphatic heterocycles. The van der Waals surface area contributed by atoms with Crippen LogP contribution in [0.15, 0.2) is 54.9 Å². The molecule has 2 N–H and O–H groups in total. The largest absolute Gasteiger partial charge is 0.386 e. The first-order chi connectivity index (χ1) is 10.3. The van der Waals surface area contributed by atoms with Gasteiger partial charge in [0.15, 0.2) is 0 Å². The first-order valence-electron chi connectivity index (χ1n) is 6.85. The Kier molecular flexibility index (Phi) is 2.72. The fraction of sp³-hybridized carbons (Fsp3) is 0.125. The van der Waals surface area contributed by atoms with E-state index in [2.05, 4.69) is 15.4 Å². The number of aromatic nitrogens is 3. The number of benzene rings is 1. The highest BCUT2D eigenvalue weighted by Crippen LogP contribution is 2.34. The summed E-state index contributed by atoms with van der Waals surface area (Å²) in [5.74, 6) is 0.758. The second-order valence-corrected chi connectivity index (χ2v) is 5.01. The van der Waals surface area contributed by atoms with Crippen molar-refractivity contribution in [3.8, 4) is 16.9 Å². The molecular formula is C16H14N4O. The van der Waals surface area contributed by atoms with Crippen molar-refractivity contribution in [1.82, 2.24) is 14.8 Å². The predicted molar refractivity (Wildman–Crippen MR) is 80.2 cm³/mol. The predicted octanol–water partition coefficient (Wildman–Crippen LogP) is 2.39. The lowest BCUT2D eigenvalue weighted by Gasteiger charge is -2.08. The van der Waals surface area contributed by atoms with Crippen LogP contribution in [0.4, 0.5) is 5.82 Å². The average Bonchev–Trinajstić information content (AvgIpc) is 2.94. The Morgan fingerprint density at radius 2 is 2.00 bits per heavy atom. The molecule has 0 saturated heterocycles. The van der Waals surface area contributed by atoms with Crippen molar-refractivity contribution >= 4 is 5.82 Å². The van der Waals surface area contributed by atoms with Crippen molar-refractivity contribution in [3.63, 3.8) is 0 Å². The summed E-state index contributed by atoms with van der Waals surface area (Å²) in [6.07, 6.45) is 3.02. The van der Waals surface area contributed by atoms with Gasteiger partial charge in [-0.1, -0.05) is 18.2 Å². The SMILES string of the molecule is OC1CNc2ncccc2-c2nn(-c3ccccc3)cc21. The Balaban J connectivity index is 1.92. The number of nitrogens with one attached hydrogen (secondary N) is 1. The summed E-state index contributed by atoms with van der Waals surface area (Å²) >= 11 is 0. The molecule has 0 fully saturated rings. The number of aliphatic hydroxyl groups excluding tert-OH is 1. The minimum atomic E-state index is -0.605. The lowest BCUT2D eigenvalue weighted by Crippen LogP contribution is -2.10. The topological polar surface area (TPSA) is 63.0 Å². The zero-order valence-corrected chi connectivity index (χ0v) is 11.3. The van der Waals surface area contributed by atoms with E-state index in [4.69, 9.17) is 0 Å². The zero-order valence-electron chi connectivity index (χ0n) is 11.3. The molecule has 1 atom stereocenters. The van der Waals surface area contributed by atoms with E-state index >= 15 is 0 Å². The molecule has 0 spiro atoms. The molecule has 1 aliphatic rings. The molecule has 1 unspecified atom stereocenters. The lowest BCUT2D eigenvalue weighted by atomic mass is 10.1. The van der Waals surface area contributed by atoms with Gasteiger partial charge in [0.2, 0.25) is 0 Å². The molecule has 0 radical (unpaired) electrons. The maximum atomic E-state index is 10.3. The van der Waals surface area contributed by atoms with Gasteiger partial charge in [0.1, 0.15) is 11.5 Å². The molecule has 0 aliphatic carbocycles. The van der Waals surface area contributed by atoms with Crippen LogP contribution in [0.1, 0.15) is 11.7 Å². The molecule has 2 aromatic heterocycles. The first-order valence-corrected chi connectivity index (χ1v) is 6.85. The highest BCUT2D eigenvalue weighted by atomic mass is 16.3. The van der Waals surface area contributed by atoms with Crippen molar-refractivity contribution in [2.45, 2.75) is 6.10 Å². The van der Waals surface area contributed by atoms with Crippen LogP contribution in [0.2, 0.25) is 0 Å². The van der Waals surface area contributed by atoms with Crippen LogP contribution in [-0.4, -0.2) is 26.4 Å². The second-order valence-electron chi connectivity index (χ2n) is 5.01. The van der Waals surface area contributed by atoms with Gasteiger partial charge in [0.05, 0.1) is 11.8 Å². The summed E-state index contributed by atoms with van der Waals surface area (Å²) in [4.78, 5) is 4.32. The molecule has 1 aromatic carbocycles. The third kappa shape index (κ3) is 1.98. The highest BCUT2D eigenvalue weighted by Gasteiger charge is 2.24. The Bertz CT molecular complexity index is 782. The summed E-state index contributed by atoms with van der Waals surface area (Å²) in [7, 11) is 0. The molecule has 0 saturated carbocycles. The number of anilines is 1. The minimum Gasteiger partial charge on any atom is -0.386 e.